The van der Waals surface area contributed by atoms with Gasteiger partial charge in [0.15, 0.2) is 0 Å². The predicted octanol–water partition coefficient (Wildman–Crippen LogP) is 1.78. The molecular formula is C18H25FN2O3. The highest BCUT2D eigenvalue weighted by molar-refractivity contribution is 5.94. The SMILES string of the molecule is CN(C)CCO[C@@H]1CC[C@H]2[C@H]1OCCN2C(=O)c1ccccc1F. The fourth-order valence-corrected chi connectivity index (χ4v) is 3.52. The number of likely N-dealkylation sites (N-methyl/N-ethyl adjacent to an activating group) is 1. The molecule has 132 valence electrons. The summed E-state index contributed by atoms with van der Waals surface area (Å²) in [5.74, 6) is -0.720. The lowest BCUT2D eigenvalue weighted by atomic mass is 10.1. The summed E-state index contributed by atoms with van der Waals surface area (Å²) in [6, 6.07) is 6.12. The van der Waals surface area contributed by atoms with Gasteiger partial charge in [-0.3, -0.25) is 4.79 Å². The lowest BCUT2D eigenvalue weighted by Crippen LogP contribution is -2.54. The molecule has 0 N–H and O–H groups in total. The van der Waals surface area contributed by atoms with Crippen LogP contribution in [0.5, 0.6) is 0 Å². The summed E-state index contributed by atoms with van der Waals surface area (Å²) >= 11 is 0. The van der Waals surface area contributed by atoms with E-state index in [-0.39, 0.29) is 29.7 Å². The Labute approximate surface area is 142 Å². The van der Waals surface area contributed by atoms with E-state index in [0.717, 1.165) is 19.4 Å². The van der Waals surface area contributed by atoms with E-state index in [4.69, 9.17) is 9.47 Å². The number of benzene rings is 1. The zero-order valence-electron chi connectivity index (χ0n) is 14.3. The second-order valence-corrected chi connectivity index (χ2v) is 6.67. The maximum atomic E-state index is 13.9. The topological polar surface area (TPSA) is 42.0 Å². The van der Waals surface area contributed by atoms with Crippen molar-refractivity contribution in [2.75, 3.05) is 40.4 Å². The van der Waals surface area contributed by atoms with Gasteiger partial charge in [-0.05, 0) is 39.1 Å². The minimum atomic E-state index is -0.470. The van der Waals surface area contributed by atoms with E-state index >= 15 is 0 Å². The summed E-state index contributed by atoms with van der Waals surface area (Å²) in [7, 11) is 4.01. The number of hydrogen-bond acceptors (Lipinski definition) is 4. The minimum Gasteiger partial charge on any atom is -0.374 e. The molecule has 0 unspecified atom stereocenters. The quantitative estimate of drug-likeness (QED) is 0.822. The number of amides is 1. The molecule has 1 aromatic rings. The summed E-state index contributed by atoms with van der Waals surface area (Å²) in [5, 5.41) is 0. The zero-order chi connectivity index (χ0) is 17.1. The van der Waals surface area contributed by atoms with Gasteiger partial charge in [0.05, 0.1) is 30.9 Å². The number of halogens is 1. The average Bonchev–Trinajstić information content (AvgIpc) is 2.98. The molecule has 24 heavy (non-hydrogen) atoms. The summed E-state index contributed by atoms with van der Waals surface area (Å²) in [5.41, 5.74) is 0.134. The van der Waals surface area contributed by atoms with E-state index in [2.05, 4.69) is 4.90 Å². The molecule has 0 bridgehead atoms. The Balaban J connectivity index is 1.67. The summed E-state index contributed by atoms with van der Waals surface area (Å²) < 4.78 is 25.8. The first-order valence-electron chi connectivity index (χ1n) is 8.51. The molecule has 0 aromatic heterocycles. The van der Waals surface area contributed by atoms with Gasteiger partial charge in [-0.2, -0.15) is 0 Å². The van der Waals surface area contributed by atoms with Gasteiger partial charge in [-0.25, -0.2) is 4.39 Å². The molecule has 3 rings (SSSR count). The van der Waals surface area contributed by atoms with E-state index in [9.17, 15) is 9.18 Å². The maximum Gasteiger partial charge on any atom is 0.257 e. The van der Waals surface area contributed by atoms with Gasteiger partial charge in [-0.15, -0.1) is 0 Å². The highest BCUT2D eigenvalue weighted by Crippen LogP contribution is 2.33. The summed E-state index contributed by atoms with van der Waals surface area (Å²) in [6.45, 7) is 2.46. The van der Waals surface area contributed by atoms with Crippen molar-refractivity contribution in [1.82, 2.24) is 9.80 Å². The lowest BCUT2D eigenvalue weighted by molar-refractivity contribution is -0.105. The minimum absolute atomic E-state index is 0.00571. The van der Waals surface area contributed by atoms with E-state index < -0.39 is 5.82 Å². The molecule has 0 radical (unpaired) electrons. The molecule has 1 amide bonds. The van der Waals surface area contributed by atoms with E-state index in [0.29, 0.717) is 19.8 Å². The van der Waals surface area contributed by atoms with Crippen LogP contribution in [0.4, 0.5) is 4.39 Å². The Morgan fingerprint density at radius 1 is 1.38 bits per heavy atom. The fourth-order valence-electron chi connectivity index (χ4n) is 3.52. The molecule has 1 saturated carbocycles. The van der Waals surface area contributed by atoms with Crippen molar-refractivity contribution in [3.05, 3.63) is 35.6 Å². The summed E-state index contributed by atoms with van der Waals surface area (Å²) in [4.78, 5) is 16.6. The van der Waals surface area contributed by atoms with Gasteiger partial charge in [-0.1, -0.05) is 12.1 Å². The Morgan fingerprint density at radius 2 is 2.17 bits per heavy atom. The van der Waals surface area contributed by atoms with Crippen LogP contribution < -0.4 is 0 Å². The highest BCUT2D eigenvalue weighted by Gasteiger charge is 2.45. The molecule has 2 aliphatic rings. The lowest BCUT2D eigenvalue weighted by Gasteiger charge is -2.39. The van der Waals surface area contributed by atoms with Crippen LogP contribution in [0, 0.1) is 5.82 Å². The first-order valence-corrected chi connectivity index (χ1v) is 8.51. The highest BCUT2D eigenvalue weighted by atomic mass is 19.1. The Bertz CT molecular complexity index is 581. The number of carbonyl (C=O) groups excluding carboxylic acids is 1. The first kappa shape index (κ1) is 17.3. The fraction of sp³-hybridized carbons (Fsp3) is 0.611. The van der Waals surface area contributed by atoms with Crippen LogP contribution in [-0.2, 0) is 9.47 Å². The number of nitrogens with zero attached hydrogens (tertiary/aromatic N) is 2. The third kappa shape index (κ3) is 3.61. The number of rotatable bonds is 5. The smallest absolute Gasteiger partial charge is 0.257 e. The third-order valence-corrected chi connectivity index (χ3v) is 4.77. The van der Waals surface area contributed by atoms with Gasteiger partial charge in [0.25, 0.3) is 5.91 Å². The molecular weight excluding hydrogens is 311 g/mol. The van der Waals surface area contributed by atoms with Gasteiger partial charge in [0.1, 0.15) is 11.9 Å². The second-order valence-electron chi connectivity index (χ2n) is 6.67. The zero-order valence-corrected chi connectivity index (χ0v) is 14.3. The molecule has 3 atom stereocenters. The number of hydrogen-bond donors (Lipinski definition) is 0. The third-order valence-electron chi connectivity index (χ3n) is 4.77. The van der Waals surface area contributed by atoms with Crippen LogP contribution in [0.3, 0.4) is 0 Å². The molecule has 1 aromatic carbocycles. The number of fused-ring (bicyclic) bond motifs is 1. The van der Waals surface area contributed by atoms with Crippen molar-refractivity contribution in [3.63, 3.8) is 0 Å². The Hall–Kier alpha value is -1.50. The molecule has 2 fully saturated rings. The van der Waals surface area contributed by atoms with Crippen molar-refractivity contribution in [2.24, 2.45) is 0 Å². The van der Waals surface area contributed by atoms with Crippen LogP contribution in [0.2, 0.25) is 0 Å². The number of carbonyl (C=O) groups is 1. The standard InChI is InChI=1S/C18H25FN2O3/c1-20(2)9-11-23-16-8-7-15-17(16)24-12-10-21(15)18(22)13-5-3-4-6-14(13)19/h3-6,15-17H,7-12H2,1-2H3/t15-,16+,17+/m0/s1. The summed E-state index contributed by atoms with van der Waals surface area (Å²) in [6.07, 6.45) is 1.59. The van der Waals surface area contributed by atoms with Crippen molar-refractivity contribution >= 4 is 5.91 Å². The van der Waals surface area contributed by atoms with Crippen molar-refractivity contribution < 1.29 is 18.7 Å². The largest absolute Gasteiger partial charge is 0.374 e. The Kier molecular flexibility index (Phi) is 5.48. The van der Waals surface area contributed by atoms with Gasteiger partial charge in [0.2, 0.25) is 0 Å². The number of ether oxygens (including phenoxy) is 2. The monoisotopic (exact) mass is 336 g/mol. The first-order chi connectivity index (χ1) is 11.6. The van der Waals surface area contributed by atoms with Crippen LogP contribution in [-0.4, -0.2) is 74.4 Å². The molecule has 1 aliphatic heterocycles. The van der Waals surface area contributed by atoms with Crippen LogP contribution in [0.1, 0.15) is 23.2 Å². The van der Waals surface area contributed by atoms with E-state index in [1.54, 1.807) is 23.1 Å². The average molecular weight is 336 g/mol. The van der Waals surface area contributed by atoms with E-state index in [1.807, 2.05) is 14.1 Å². The van der Waals surface area contributed by atoms with Crippen LogP contribution in [0.15, 0.2) is 24.3 Å². The maximum absolute atomic E-state index is 13.9. The second kappa shape index (κ2) is 7.59. The van der Waals surface area contributed by atoms with Crippen LogP contribution >= 0.6 is 0 Å². The van der Waals surface area contributed by atoms with E-state index in [1.165, 1.54) is 6.07 Å². The van der Waals surface area contributed by atoms with Crippen LogP contribution in [0.25, 0.3) is 0 Å². The van der Waals surface area contributed by atoms with Gasteiger partial charge >= 0.3 is 0 Å². The Morgan fingerprint density at radius 3 is 2.92 bits per heavy atom. The number of morpholine rings is 1. The predicted molar refractivity (Wildman–Crippen MR) is 88.5 cm³/mol. The van der Waals surface area contributed by atoms with Crippen molar-refractivity contribution in [3.8, 4) is 0 Å². The van der Waals surface area contributed by atoms with Gasteiger partial charge < -0.3 is 19.3 Å². The molecule has 1 aliphatic carbocycles. The normalized spacial score (nSPS) is 26.7. The van der Waals surface area contributed by atoms with Gasteiger partial charge in [0, 0.05) is 13.1 Å². The molecule has 1 saturated heterocycles. The molecule has 6 heteroatoms. The molecule has 0 spiro atoms. The molecule has 5 nitrogen and oxygen atoms in total. The van der Waals surface area contributed by atoms with Crippen molar-refractivity contribution in [2.45, 2.75) is 31.1 Å². The van der Waals surface area contributed by atoms with Crippen molar-refractivity contribution in [1.29, 1.82) is 0 Å². The molecule has 1 heterocycles.